The lowest BCUT2D eigenvalue weighted by atomic mass is 10.0. The van der Waals surface area contributed by atoms with E-state index in [9.17, 15) is 10.2 Å². The molecule has 94 valence electrons. The lowest BCUT2D eigenvalue weighted by Gasteiger charge is -2.14. The van der Waals surface area contributed by atoms with E-state index in [0.29, 0.717) is 22.0 Å². The SMILES string of the molecule is Oc1ccc(CC(O)c2c(Cl)cccc2Cl)cc1. The molecule has 0 bridgehead atoms. The third kappa shape index (κ3) is 2.96. The Bertz CT molecular complexity index is 518. The Morgan fingerprint density at radius 2 is 1.50 bits per heavy atom. The van der Waals surface area contributed by atoms with Gasteiger partial charge in [0.1, 0.15) is 5.75 Å². The predicted molar refractivity (Wildman–Crippen MR) is 73.2 cm³/mol. The Labute approximate surface area is 115 Å². The third-order valence-electron chi connectivity index (χ3n) is 2.70. The minimum absolute atomic E-state index is 0.198. The molecular formula is C14H12Cl2O2. The first-order valence-corrected chi connectivity index (χ1v) is 6.23. The van der Waals surface area contributed by atoms with Crippen molar-refractivity contribution in [1.82, 2.24) is 0 Å². The van der Waals surface area contributed by atoms with Crippen LogP contribution in [0.3, 0.4) is 0 Å². The number of phenols is 1. The van der Waals surface area contributed by atoms with Gasteiger partial charge in [0.25, 0.3) is 0 Å². The van der Waals surface area contributed by atoms with Gasteiger partial charge in [-0.15, -0.1) is 0 Å². The summed E-state index contributed by atoms with van der Waals surface area (Å²) in [5.74, 6) is 0.198. The number of aliphatic hydroxyl groups excluding tert-OH is 1. The molecule has 4 heteroatoms. The number of phenolic OH excluding ortho intramolecular Hbond substituents is 1. The molecule has 0 aliphatic rings. The first kappa shape index (κ1) is 13.2. The van der Waals surface area contributed by atoms with Crippen LogP contribution in [-0.4, -0.2) is 10.2 Å². The smallest absolute Gasteiger partial charge is 0.115 e. The van der Waals surface area contributed by atoms with E-state index in [1.165, 1.54) is 0 Å². The molecule has 0 radical (unpaired) electrons. The number of aromatic hydroxyl groups is 1. The second-order valence-electron chi connectivity index (χ2n) is 4.02. The van der Waals surface area contributed by atoms with Crippen molar-refractivity contribution in [3.63, 3.8) is 0 Å². The van der Waals surface area contributed by atoms with Gasteiger partial charge in [-0.05, 0) is 29.8 Å². The summed E-state index contributed by atoms with van der Waals surface area (Å²) in [6.45, 7) is 0. The van der Waals surface area contributed by atoms with Gasteiger partial charge in [0.2, 0.25) is 0 Å². The molecule has 2 rings (SSSR count). The van der Waals surface area contributed by atoms with Crippen molar-refractivity contribution >= 4 is 23.2 Å². The standard InChI is InChI=1S/C14H12Cl2O2/c15-11-2-1-3-12(16)14(11)13(18)8-9-4-6-10(17)7-5-9/h1-7,13,17-18H,8H2. The van der Waals surface area contributed by atoms with Crippen LogP contribution in [0.4, 0.5) is 0 Å². The first-order chi connectivity index (χ1) is 8.58. The van der Waals surface area contributed by atoms with E-state index < -0.39 is 6.10 Å². The molecule has 0 spiro atoms. The lowest BCUT2D eigenvalue weighted by Crippen LogP contribution is -2.03. The number of hydrogen-bond acceptors (Lipinski definition) is 2. The number of halogens is 2. The molecular weight excluding hydrogens is 271 g/mol. The Morgan fingerprint density at radius 3 is 2.06 bits per heavy atom. The van der Waals surface area contributed by atoms with Crippen molar-refractivity contribution in [3.8, 4) is 5.75 Å². The topological polar surface area (TPSA) is 40.5 Å². The molecule has 2 N–H and O–H groups in total. The van der Waals surface area contributed by atoms with Crippen molar-refractivity contribution in [2.24, 2.45) is 0 Å². The molecule has 0 saturated heterocycles. The van der Waals surface area contributed by atoms with Crippen molar-refractivity contribution in [2.75, 3.05) is 0 Å². The van der Waals surface area contributed by atoms with Gasteiger partial charge in [0.15, 0.2) is 0 Å². The van der Waals surface area contributed by atoms with Crippen molar-refractivity contribution in [2.45, 2.75) is 12.5 Å². The highest BCUT2D eigenvalue weighted by molar-refractivity contribution is 6.36. The summed E-state index contributed by atoms with van der Waals surface area (Å²) >= 11 is 12.1. The van der Waals surface area contributed by atoms with Gasteiger partial charge in [-0.3, -0.25) is 0 Å². The molecule has 2 aromatic rings. The molecule has 1 atom stereocenters. The fourth-order valence-corrected chi connectivity index (χ4v) is 2.44. The van der Waals surface area contributed by atoms with E-state index in [2.05, 4.69) is 0 Å². The monoisotopic (exact) mass is 282 g/mol. The summed E-state index contributed by atoms with van der Waals surface area (Å²) in [5, 5.41) is 20.3. The van der Waals surface area contributed by atoms with Crippen LogP contribution in [0.5, 0.6) is 5.75 Å². The molecule has 2 aromatic carbocycles. The highest BCUT2D eigenvalue weighted by Crippen LogP contribution is 2.32. The summed E-state index contributed by atoms with van der Waals surface area (Å²) in [6, 6.07) is 11.8. The maximum atomic E-state index is 10.2. The van der Waals surface area contributed by atoms with Gasteiger partial charge in [-0.2, -0.15) is 0 Å². The van der Waals surface area contributed by atoms with E-state index in [0.717, 1.165) is 5.56 Å². The van der Waals surface area contributed by atoms with Crippen LogP contribution in [0, 0.1) is 0 Å². The Morgan fingerprint density at radius 1 is 0.944 bits per heavy atom. The van der Waals surface area contributed by atoms with Crippen LogP contribution >= 0.6 is 23.2 Å². The maximum Gasteiger partial charge on any atom is 0.115 e. The fraction of sp³-hybridized carbons (Fsp3) is 0.143. The number of hydrogen-bond donors (Lipinski definition) is 2. The Kier molecular flexibility index (Phi) is 4.12. The molecule has 2 nitrogen and oxygen atoms in total. The molecule has 1 unspecified atom stereocenters. The zero-order chi connectivity index (χ0) is 13.1. The van der Waals surface area contributed by atoms with Gasteiger partial charge in [-0.1, -0.05) is 41.4 Å². The van der Waals surface area contributed by atoms with Crippen molar-refractivity contribution in [1.29, 1.82) is 0 Å². The zero-order valence-electron chi connectivity index (χ0n) is 9.48. The molecule has 18 heavy (non-hydrogen) atoms. The van der Waals surface area contributed by atoms with Crippen molar-refractivity contribution in [3.05, 3.63) is 63.6 Å². The lowest BCUT2D eigenvalue weighted by molar-refractivity contribution is 0.178. The zero-order valence-corrected chi connectivity index (χ0v) is 11.0. The molecule has 0 fully saturated rings. The van der Waals surface area contributed by atoms with E-state index in [-0.39, 0.29) is 5.75 Å². The van der Waals surface area contributed by atoms with Crippen LogP contribution in [-0.2, 0) is 6.42 Å². The number of aliphatic hydroxyl groups is 1. The van der Waals surface area contributed by atoms with Crippen molar-refractivity contribution < 1.29 is 10.2 Å². The van der Waals surface area contributed by atoms with Gasteiger partial charge in [0, 0.05) is 22.0 Å². The number of benzene rings is 2. The first-order valence-electron chi connectivity index (χ1n) is 5.48. The van der Waals surface area contributed by atoms with E-state index in [1.807, 2.05) is 0 Å². The minimum atomic E-state index is -0.768. The largest absolute Gasteiger partial charge is 0.508 e. The van der Waals surface area contributed by atoms with Crippen LogP contribution < -0.4 is 0 Å². The summed E-state index contributed by atoms with van der Waals surface area (Å²) < 4.78 is 0. The Hall–Kier alpha value is -1.22. The van der Waals surface area contributed by atoms with E-state index in [1.54, 1.807) is 42.5 Å². The van der Waals surface area contributed by atoms with Crippen LogP contribution in [0.2, 0.25) is 10.0 Å². The van der Waals surface area contributed by atoms with Gasteiger partial charge in [0.05, 0.1) is 6.10 Å². The maximum absolute atomic E-state index is 10.2. The van der Waals surface area contributed by atoms with Crippen LogP contribution in [0.1, 0.15) is 17.2 Å². The minimum Gasteiger partial charge on any atom is -0.508 e. The van der Waals surface area contributed by atoms with Gasteiger partial charge < -0.3 is 10.2 Å². The number of rotatable bonds is 3. The second kappa shape index (κ2) is 5.61. The summed E-state index contributed by atoms with van der Waals surface area (Å²) in [4.78, 5) is 0. The highest BCUT2D eigenvalue weighted by Gasteiger charge is 2.15. The van der Waals surface area contributed by atoms with Crippen LogP contribution in [0.25, 0.3) is 0 Å². The second-order valence-corrected chi connectivity index (χ2v) is 4.84. The average Bonchev–Trinajstić information content (AvgIpc) is 2.32. The fourth-order valence-electron chi connectivity index (χ4n) is 1.79. The normalized spacial score (nSPS) is 12.4. The molecule has 0 amide bonds. The molecule has 0 aliphatic carbocycles. The molecule has 0 saturated carbocycles. The Balaban J connectivity index is 2.22. The summed E-state index contributed by atoms with van der Waals surface area (Å²) in [7, 11) is 0. The van der Waals surface area contributed by atoms with Gasteiger partial charge in [-0.25, -0.2) is 0 Å². The highest BCUT2D eigenvalue weighted by atomic mass is 35.5. The quantitative estimate of drug-likeness (QED) is 0.894. The summed E-state index contributed by atoms with van der Waals surface area (Å²) in [6.07, 6.45) is -0.375. The summed E-state index contributed by atoms with van der Waals surface area (Å²) in [5.41, 5.74) is 1.44. The van der Waals surface area contributed by atoms with E-state index >= 15 is 0 Å². The third-order valence-corrected chi connectivity index (χ3v) is 3.36. The van der Waals surface area contributed by atoms with Crippen LogP contribution in [0.15, 0.2) is 42.5 Å². The molecule has 0 aromatic heterocycles. The predicted octanol–water partition coefficient (Wildman–Crippen LogP) is 3.98. The molecule has 0 heterocycles. The van der Waals surface area contributed by atoms with E-state index in [4.69, 9.17) is 23.2 Å². The average molecular weight is 283 g/mol. The molecule has 0 aliphatic heterocycles. The van der Waals surface area contributed by atoms with Gasteiger partial charge >= 0.3 is 0 Å².